The number of esters is 1. The Morgan fingerprint density at radius 2 is 1.76 bits per heavy atom. The number of ether oxygens (including phenoxy) is 1. The minimum atomic E-state index is -1.34. The molecule has 0 heterocycles. The number of carbonyl (C=O) groups is 3. The van der Waals surface area contributed by atoms with Gasteiger partial charge < -0.3 is 4.74 Å². The molecule has 0 bridgehead atoms. The number of hydrogen-bond donors (Lipinski definition) is 0. The van der Waals surface area contributed by atoms with Crippen LogP contribution >= 0.6 is 0 Å². The van der Waals surface area contributed by atoms with Crippen LogP contribution < -0.4 is 0 Å². The van der Waals surface area contributed by atoms with Crippen LogP contribution in [0.2, 0.25) is 0 Å². The van der Waals surface area contributed by atoms with Gasteiger partial charge in [-0.25, -0.2) is 0 Å². The van der Waals surface area contributed by atoms with E-state index < -0.39 is 23.5 Å². The molecule has 0 fully saturated rings. The summed E-state index contributed by atoms with van der Waals surface area (Å²) in [7, 11) is 1.16. The van der Waals surface area contributed by atoms with Crippen molar-refractivity contribution in [3.8, 4) is 0 Å². The van der Waals surface area contributed by atoms with E-state index in [0.717, 1.165) is 7.11 Å². The van der Waals surface area contributed by atoms with Crippen LogP contribution in [0.15, 0.2) is 30.3 Å². The Bertz CT molecular complexity index is 406. The van der Waals surface area contributed by atoms with Gasteiger partial charge in [-0.3, -0.25) is 14.4 Å². The molecule has 90 valence electrons. The molecule has 17 heavy (non-hydrogen) atoms. The molecule has 4 heteroatoms. The zero-order chi connectivity index (χ0) is 12.8. The first-order chi connectivity index (χ1) is 8.11. The highest BCUT2D eigenvalue weighted by Gasteiger charge is 2.34. The quantitative estimate of drug-likeness (QED) is 0.441. The summed E-state index contributed by atoms with van der Waals surface area (Å²) in [5, 5.41) is 0. The first-order valence-corrected chi connectivity index (χ1v) is 5.31. The third kappa shape index (κ3) is 3.00. The fourth-order valence-electron chi connectivity index (χ4n) is 1.48. The Hall–Kier alpha value is -1.97. The van der Waals surface area contributed by atoms with Gasteiger partial charge >= 0.3 is 5.97 Å². The zero-order valence-corrected chi connectivity index (χ0v) is 9.80. The molecule has 0 saturated carbocycles. The van der Waals surface area contributed by atoms with Gasteiger partial charge in [-0.05, 0) is 0 Å². The maximum absolute atomic E-state index is 12.0. The minimum Gasteiger partial charge on any atom is -0.468 e. The Morgan fingerprint density at radius 1 is 1.18 bits per heavy atom. The molecule has 1 aromatic carbocycles. The lowest BCUT2D eigenvalue weighted by atomic mass is 9.92. The molecule has 0 aliphatic heterocycles. The van der Waals surface area contributed by atoms with E-state index in [-0.39, 0.29) is 6.42 Å². The first kappa shape index (κ1) is 13.1. The van der Waals surface area contributed by atoms with Gasteiger partial charge in [-0.2, -0.15) is 0 Å². The number of benzene rings is 1. The molecule has 0 aromatic heterocycles. The largest absolute Gasteiger partial charge is 0.468 e. The summed E-state index contributed by atoms with van der Waals surface area (Å²) in [6, 6.07) is 8.25. The van der Waals surface area contributed by atoms with Gasteiger partial charge in [0, 0.05) is 12.0 Å². The molecule has 1 atom stereocenters. The lowest BCUT2D eigenvalue weighted by Crippen LogP contribution is -2.32. The van der Waals surface area contributed by atoms with Crippen LogP contribution in [0.25, 0.3) is 0 Å². The SMILES string of the molecule is CCC(=O)C(C(=O)OC)C(=O)c1ccccc1. The van der Waals surface area contributed by atoms with Crippen molar-refractivity contribution in [3.05, 3.63) is 35.9 Å². The Morgan fingerprint density at radius 3 is 2.24 bits per heavy atom. The van der Waals surface area contributed by atoms with Crippen molar-refractivity contribution in [1.29, 1.82) is 0 Å². The number of methoxy groups -OCH3 is 1. The first-order valence-electron chi connectivity index (χ1n) is 5.31. The fraction of sp³-hybridized carbons (Fsp3) is 0.308. The average molecular weight is 234 g/mol. The third-order valence-corrected chi connectivity index (χ3v) is 2.43. The molecule has 0 aliphatic rings. The van der Waals surface area contributed by atoms with Crippen molar-refractivity contribution in [2.45, 2.75) is 13.3 Å². The van der Waals surface area contributed by atoms with E-state index in [4.69, 9.17) is 0 Å². The van der Waals surface area contributed by atoms with Crippen molar-refractivity contribution in [1.82, 2.24) is 0 Å². The molecule has 0 aliphatic carbocycles. The zero-order valence-electron chi connectivity index (χ0n) is 9.80. The van der Waals surface area contributed by atoms with Gasteiger partial charge in [0.15, 0.2) is 17.5 Å². The van der Waals surface area contributed by atoms with Crippen molar-refractivity contribution in [2.75, 3.05) is 7.11 Å². The molecule has 0 spiro atoms. The topological polar surface area (TPSA) is 60.4 Å². The fourth-order valence-corrected chi connectivity index (χ4v) is 1.48. The Labute approximate surface area is 99.6 Å². The van der Waals surface area contributed by atoms with E-state index >= 15 is 0 Å². The van der Waals surface area contributed by atoms with Gasteiger partial charge in [0.05, 0.1) is 7.11 Å². The lowest BCUT2D eigenvalue weighted by Gasteiger charge is -2.11. The van der Waals surface area contributed by atoms with Gasteiger partial charge in [0.1, 0.15) is 0 Å². The third-order valence-electron chi connectivity index (χ3n) is 2.43. The number of rotatable bonds is 5. The molecule has 1 rings (SSSR count). The van der Waals surface area contributed by atoms with E-state index in [9.17, 15) is 14.4 Å². The highest BCUT2D eigenvalue weighted by Crippen LogP contribution is 2.13. The lowest BCUT2D eigenvalue weighted by molar-refractivity contribution is -0.147. The number of carbonyl (C=O) groups excluding carboxylic acids is 3. The average Bonchev–Trinajstić information content (AvgIpc) is 2.39. The van der Waals surface area contributed by atoms with Crippen molar-refractivity contribution in [3.63, 3.8) is 0 Å². The van der Waals surface area contributed by atoms with Crippen LogP contribution in [0.1, 0.15) is 23.7 Å². The van der Waals surface area contributed by atoms with E-state index in [1.165, 1.54) is 0 Å². The predicted molar refractivity (Wildman–Crippen MR) is 61.6 cm³/mol. The Kier molecular flexibility index (Phi) is 4.57. The van der Waals surface area contributed by atoms with Gasteiger partial charge in [0.2, 0.25) is 0 Å². The van der Waals surface area contributed by atoms with Gasteiger partial charge in [-0.15, -0.1) is 0 Å². The van der Waals surface area contributed by atoms with Gasteiger partial charge in [0.25, 0.3) is 0 Å². The van der Waals surface area contributed by atoms with Crippen LogP contribution in [-0.2, 0) is 14.3 Å². The number of hydrogen-bond acceptors (Lipinski definition) is 4. The second kappa shape index (κ2) is 5.94. The second-order valence-corrected chi connectivity index (χ2v) is 3.51. The molecule has 0 radical (unpaired) electrons. The van der Waals surface area contributed by atoms with Crippen molar-refractivity contribution < 1.29 is 19.1 Å². The predicted octanol–water partition coefficient (Wildman–Crippen LogP) is 1.64. The van der Waals surface area contributed by atoms with E-state index in [1.807, 2.05) is 0 Å². The van der Waals surface area contributed by atoms with Gasteiger partial charge in [-0.1, -0.05) is 37.3 Å². The van der Waals surface area contributed by atoms with Crippen LogP contribution in [0.5, 0.6) is 0 Å². The summed E-state index contributed by atoms with van der Waals surface area (Å²) >= 11 is 0. The maximum Gasteiger partial charge on any atom is 0.324 e. The molecule has 0 amide bonds. The normalized spacial score (nSPS) is 11.6. The second-order valence-electron chi connectivity index (χ2n) is 3.51. The highest BCUT2D eigenvalue weighted by molar-refractivity contribution is 6.22. The molecular weight excluding hydrogens is 220 g/mol. The van der Waals surface area contributed by atoms with Crippen LogP contribution in [0, 0.1) is 5.92 Å². The van der Waals surface area contributed by atoms with Crippen molar-refractivity contribution in [2.24, 2.45) is 5.92 Å². The summed E-state index contributed by atoms with van der Waals surface area (Å²) in [6.07, 6.45) is 0.123. The molecule has 1 aromatic rings. The minimum absolute atomic E-state index is 0.123. The molecule has 0 N–H and O–H groups in total. The standard InChI is InChI=1S/C13H14O4/c1-3-10(14)11(13(16)17-2)12(15)9-7-5-4-6-8-9/h4-8,11H,3H2,1-2H3. The monoisotopic (exact) mass is 234 g/mol. The van der Waals surface area contributed by atoms with E-state index in [2.05, 4.69) is 4.74 Å². The summed E-state index contributed by atoms with van der Waals surface area (Å²) < 4.78 is 4.50. The van der Waals surface area contributed by atoms with E-state index in [1.54, 1.807) is 37.3 Å². The summed E-state index contributed by atoms with van der Waals surface area (Å²) in [5.74, 6) is -3.08. The highest BCUT2D eigenvalue weighted by atomic mass is 16.5. The van der Waals surface area contributed by atoms with E-state index in [0.29, 0.717) is 5.56 Å². The smallest absolute Gasteiger partial charge is 0.324 e. The maximum atomic E-state index is 12.0. The summed E-state index contributed by atoms with van der Waals surface area (Å²) in [5.41, 5.74) is 0.338. The molecule has 4 nitrogen and oxygen atoms in total. The van der Waals surface area contributed by atoms with Crippen molar-refractivity contribution >= 4 is 17.5 Å². The van der Waals surface area contributed by atoms with Crippen LogP contribution in [0.3, 0.4) is 0 Å². The van der Waals surface area contributed by atoms with Crippen LogP contribution in [-0.4, -0.2) is 24.6 Å². The van der Waals surface area contributed by atoms with Crippen LogP contribution in [0.4, 0.5) is 0 Å². The molecular formula is C13H14O4. The molecule has 0 saturated heterocycles. The Balaban J connectivity index is 3.03. The summed E-state index contributed by atoms with van der Waals surface area (Å²) in [4.78, 5) is 35.1. The number of ketones is 2. The summed E-state index contributed by atoms with van der Waals surface area (Å²) in [6.45, 7) is 1.61. The number of Topliss-reactive ketones (excluding diaryl/α,β-unsaturated/α-hetero) is 2. The molecule has 1 unspecified atom stereocenters.